The number of benzene rings is 1. The lowest BCUT2D eigenvalue weighted by Crippen LogP contribution is -2.13. The molecule has 1 saturated carbocycles. The van der Waals surface area contributed by atoms with Crippen molar-refractivity contribution in [3.8, 4) is 0 Å². The molecule has 20 heavy (non-hydrogen) atoms. The fourth-order valence-corrected chi connectivity index (χ4v) is 3.68. The summed E-state index contributed by atoms with van der Waals surface area (Å²) >= 11 is 1.42. The molecule has 1 aromatic carbocycles. The second kappa shape index (κ2) is 6.08. The molecule has 0 unspecified atom stereocenters. The Morgan fingerprint density at radius 2 is 1.85 bits per heavy atom. The van der Waals surface area contributed by atoms with Crippen molar-refractivity contribution >= 4 is 17.7 Å². The maximum absolute atomic E-state index is 12.9. The van der Waals surface area contributed by atoms with Crippen LogP contribution >= 0.6 is 11.8 Å². The first-order chi connectivity index (χ1) is 9.38. The number of alkyl halides is 3. The molecule has 1 N–H and O–H groups in total. The molecule has 0 amide bonds. The molecule has 1 aliphatic carbocycles. The third-order valence-electron chi connectivity index (χ3n) is 3.38. The van der Waals surface area contributed by atoms with E-state index in [2.05, 4.69) is 0 Å². The van der Waals surface area contributed by atoms with Crippen LogP contribution in [0.15, 0.2) is 23.1 Å². The van der Waals surface area contributed by atoms with E-state index in [0.29, 0.717) is 10.1 Å². The molecule has 0 saturated heterocycles. The van der Waals surface area contributed by atoms with Crippen LogP contribution in [0, 0.1) is 0 Å². The quantitative estimate of drug-likeness (QED) is 0.869. The molecule has 0 spiro atoms. The van der Waals surface area contributed by atoms with E-state index in [0.717, 1.165) is 37.8 Å². The molecular formula is C14H15F3O2S. The summed E-state index contributed by atoms with van der Waals surface area (Å²) in [6.45, 7) is 0. The van der Waals surface area contributed by atoms with E-state index in [4.69, 9.17) is 5.11 Å². The average molecular weight is 304 g/mol. The van der Waals surface area contributed by atoms with Crippen molar-refractivity contribution in [2.75, 3.05) is 0 Å². The van der Waals surface area contributed by atoms with Gasteiger partial charge in [0.15, 0.2) is 0 Å². The summed E-state index contributed by atoms with van der Waals surface area (Å²) in [5, 5.41) is 9.17. The minimum Gasteiger partial charge on any atom is -0.478 e. The summed E-state index contributed by atoms with van der Waals surface area (Å²) in [7, 11) is 0. The zero-order chi connectivity index (χ0) is 14.8. The summed E-state index contributed by atoms with van der Waals surface area (Å²) in [5.41, 5.74) is -1.75. The van der Waals surface area contributed by atoms with Crippen molar-refractivity contribution in [2.45, 2.75) is 48.4 Å². The molecule has 110 valence electrons. The lowest BCUT2D eigenvalue weighted by molar-refractivity contribution is -0.138. The van der Waals surface area contributed by atoms with Crippen molar-refractivity contribution in [3.05, 3.63) is 29.3 Å². The summed E-state index contributed by atoms with van der Waals surface area (Å²) in [6.07, 6.45) is 0.771. The van der Waals surface area contributed by atoms with Gasteiger partial charge in [-0.1, -0.05) is 19.3 Å². The van der Waals surface area contributed by atoms with Crippen molar-refractivity contribution in [2.24, 2.45) is 0 Å². The van der Waals surface area contributed by atoms with Gasteiger partial charge >= 0.3 is 12.1 Å². The van der Waals surface area contributed by atoms with Gasteiger partial charge in [0.05, 0.1) is 11.1 Å². The smallest absolute Gasteiger partial charge is 0.417 e. The number of aromatic carboxylic acids is 1. The molecule has 1 fully saturated rings. The Balaban J connectivity index is 2.25. The molecule has 6 heteroatoms. The first-order valence-electron chi connectivity index (χ1n) is 6.49. The average Bonchev–Trinajstić information content (AvgIpc) is 2.38. The van der Waals surface area contributed by atoms with Crippen LogP contribution in [0.25, 0.3) is 0 Å². The number of hydrogen-bond donors (Lipinski definition) is 1. The Bertz CT molecular complexity index is 494. The highest BCUT2D eigenvalue weighted by Gasteiger charge is 2.35. The van der Waals surface area contributed by atoms with Crippen molar-refractivity contribution < 1.29 is 23.1 Å². The number of carboxylic acids is 1. The molecule has 0 aromatic heterocycles. The van der Waals surface area contributed by atoms with E-state index in [1.807, 2.05) is 0 Å². The fourth-order valence-electron chi connectivity index (χ4n) is 2.39. The highest BCUT2D eigenvalue weighted by Crippen LogP contribution is 2.38. The molecule has 0 aliphatic heterocycles. The molecule has 0 radical (unpaired) electrons. The summed E-state index contributed by atoms with van der Waals surface area (Å²) in [6, 6.07) is 3.48. The monoisotopic (exact) mass is 304 g/mol. The van der Waals surface area contributed by atoms with E-state index < -0.39 is 23.3 Å². The second-order valence-corrected chi connectivity index (χ2v) is 6.26. The molecule has 0 heterocycles. The highest BCUT2D eigenvalue weighted by molar-refractivity contribution is 8.00. The minimum atomic E-state index is -4.64. The van der Waals surface area contributed by atoms with Crippen molar-refractivity contribution in [1.82, 2.24) is 0 Å². The van der Waals surface area contributed by atoms with Crippen LogP contribution in [-0.2, 0) is 6.18 Å². The molecule has 1 aromatic rings. The van der Waals surface area contributed by atoms with E-state index >= 15 is 0 Å². The number of rotatable bonds is 3. The predicted molar refractivity (Wildman–Crippen MR) is 71.1 cm³/mol. The van der Waals surface area contributed by atoms with Gasteiger partial charge < -0.3 is 5.11 Å². The number of carboxylic acid groups (broad SMARTS) is 1. The first kappa shape index (κ1) is 15.2. The van der Waals surface area contributed by atoms with Gasteiger partial charge in [-0.2, -0.15) is 13.2 Å². The van der Waals surface area contributed by atoms with Crippen LogP contribution in [0.3, 0.4) is 0 Å². The van der Waals surface area contributed by atoms with Gasteiger partial charge in [0.25, 0.3) is 0 Å². The Morgan fingerprint density at radius 1 is 1.20 bits per heavy atom. The van der Waals surface area contributed by atoms with Gasteiger partial charge in [0, 0.05) is 10.1 Å². The largest absolute Gasteiger partial charge is 0.478 e. The van der Waals surface area contributed by atoms with Crippen LogP contribution in [-0.4, -0.2) is 16.3 Å². The van der Waals surface area contributed by atoms with Crippen LogP contribution in [0.2, 0.25) is 0 Å². The SMILES string of the molecule is O=C(O)c1ccc(SC2CCCCC2)cc1C(F)(F)F. The first-order valence-corrected chi connectivity index (χ1v) is 7.37. The topological polar surface area (TPSA) is 37.3 Å². The third-order valence-corrected chi connectivity index (χ3v) is 4.71. The van der Waals surface area contributed by atoms with Gasteiger partial charge in [0.1, 0.15) is 0 Å². The zero-order valence-corrected chi connectivity index (χ0v) is 11.6. The zero-order valence-electron chi connectivity index (χ0n) is 10.7. The lowest BCUT2D eigenvalue weighted by atomic mass is 10.0. The van der Waals surface area contributed by atoms with Gasteiger partial charge in [0.2, 0.25) is 0 Å². The van der Waals surface area contributed by atoms with Crippen molar-refractivity contribution in [3.63, 3.8) is 0 Å². The summed E-state index contributed by atoms with van der Waals surface area (Å²) in [4.78, 5) is 11.4. The Kier molecular flexibility index (Phi) is 4.62. The Hall–Kier alpha value is -1.17. The molecule has 1 aliphatic rings. The molecule has 2 rings (SSSR count). The minimum absolute atomic E-state index is 0.334. The highest BCUT2D eigenvalue weighted by atomic mass is 32.2. The Morgan fingerprint density at radius 3 is 2.40 bits per heavy atom. The van der Waals surface area contributed by atoms with E-state index in [9.17, 15) is 18.0 Å². The maximum Gasteiger partial charge on any atom is 0.417 e. The van der Waals surface area contributed by atoms with Gasteiger partial charge in [-0.05, 0) is 31.0 Å². The number of hydrogen-bond acceptors (Lipinski definition) is 2. The van der Waals surface area contributed by atoms with Crippen LogP contribution in [0.4, 0.5) is 13.2 Å². The molecule has 2 nitrogen and oxygen atoms in total. The van der Waals surface area contributed by atoms with Gasteiger partial charge in [-0.25, -0.2) is 4.79 Å². The fraction of sp³-hybridized carbons (Fsp3) is 0.500. The molecule has 0 bridgehead atoms. The Labute approximate surface area is 119 Å². The number of thioether (sulfide) groups is 1. The van der Waals surface area contributed by atoms with Gasteiger partial charge in [-0.3, -0.25) is 0 Å². The maximum atomic E-state index is 12.9. The normalized spacial score (nSPS) is 17.1. The standard InChI is InChI=1S/C14H15F3O2S/c15-14(16,17)12-8-10(6-7-11(12)13(18)19)20-9-4-2-1-3-5-9/h6-9H,1-5H2,(H,18,19). The summed E-state index contributed by atoms with van der Waals surface area (Å²) in [5.74, 6) is -1.55. The van der Waals surface area contributed by atoms with E-state index in [1.165, 1.54) is 24.2 Å². The van der Waals surface area contributed by atoms with Crippen LogP contribution < -0.4 is 0 Å². The van der Waals surface area contributed by atoms with Crippen LogP contribution in [0.5, 0.6) is 0 Å². The number of halogens is 3. The lowest BCUT2D eigenvalue weighted by Gasteiger charge is -2.21. The van der Waals surface area contributed by atoms with E-state index in [1.54, 1.807) is 0 Å². The number of carbonyl (C=O) groups is 1. The van der Waals surface area contributed by atoms with Crippen molar-refractivity contribution in [1.29, 1.82) is 0 Å². The molecule has 0 atom stereocenters. The third kappa shape index (κ3) is 3.69. The second-order valence-electron chi connectivity index (χ2n) is 4.89. The predicted octanol–water partition coefficient (Wildman–Crippen LogP) is 4.83. The van der Waals surface area contributed by atoms with Gasteiger partial charge in [-0.15, -0.1) is 11.8 Å². The van der Waals surface area contributed by atoms with Crippen LogP contribution in [0.1, 0.15) is 48.0 Å². The molecular weight excluding hydrogens is 289 g/mol. The van der Waals surface area contributed by atoms with E-state index in [-0.39, 0.29) is 0 Å². The summed E-state index contributed by atoms with van der Waals surface area (Å²) < 4.78 is 38.7.